The molecule has 3 amide bonds. The van der Waals surface area contributed by atoms with E-state index in [0.717, 1.165) is 64.4 Å². The van der Waals surface area contributed by atoms with E-state index in [0.29, 0.717) is 24.7 Å². The number of amides is 3. The van der Waals surface area contributed by atoms with Crippen LogP contribution in [-0.4, -0.2) is 73.9 Å². The van der Waals surface area contributed by atoms with E-state index in [1.54, 1.807) is 4.90 Å². The molecule has 268 valence electrons. The van der Waals surface area contributed by atoms with Crippen molar-refractivity contribution >= 4 is 17.9 Å². The van der Waals surface area contributed by atoms with Crippen molar-refractivity contribution in [1.82, 2.24) is 35.1 Å². The summed E-state index contributed by atoms with van der Waals surface area (Å²) < 4.78 is 4.75. The Hall–Kier alpha value is -5.19. The second kappa shape index (κ2) is 15.0. The van der Waals surface area contributed by atoms with Crippen LogP contribution in [0, 0.1) is 17.8 Å². The van der Waals surface area contributed by atoms with Gasteiger partial charge in [-0.2, -0.15) is 0 Å². The minimum Gasteiger partial charge on any atom is -0.453 e. The SMILES string of the molecule is C=C1C[C@@H](c2nc(-c3ccc(-c4ccc(-c5c[nH]c([C@@H]6CCCN6C(=O)[C@@H](C)C(C)C)n5)cc4)cc3)c[nH]2)N(C(=O)[C@@H](NC(=O)OC)C(C)C)C1. The Balaban J connectivity index is 1.12. The van der Waals surface area contributed by atoms with Gasteiger partial charge in [0.25, 0.3) is 0 Å². The molecule has 2 aromatic heterocycles. The average Bonchev–Trinajstić information content (AvgIpc) is 3.96. The van der Waals surface area contributed by atoms with Crippen molar-refractivity contribution in [2.24, 2.45) is 17.8 Å². The zero-order chi connectivity index (χ0) is 36.4. The number of carbonyl (C=O) groups is 3. The van der Waals surface area contributed by atoms with Crippen LogP contribution in [0.3, 0.4) is 0 Å². The maximum Gasteiger partial charge on any atom is 0.407 e. The number of carbonyl (C=O) groups excluding carboxylic acids is 3. The predicted octanol–water partition coefficient (Wildman–Crippen LogP) is 7.30. The molecule has 2 saturated heterocycles. The van der Waals surface area contributed by atoms with Gasteiger partial charge in [-0.1, -0.05) is 95.3 Å². The Morgan fingerprint density at radius 1 is 0.784 bits per heavy atom. The number of nitrogens with zero attached hydrogens (tertiary/aromatic N) is 4. The standard InChI is InChI=1S/C40H49N7O4/c1-23(2)26(6)38(48)46-18-8-9-33(46)36-41-20-31(43-36)29-14-10-27(11-15-29)28-12-16-30(17-13-28)32-21-42-37(44-32)34-19-25(5)22-47(34)39(49)35(24(3)4)45-40(50)51-7/h10-17,20-21,23-24,26,33-35H,5,8-9,18-19,22H2,1-4,6-7H3,(H,41,43)(H,42,44)(H,45,50)/t26-,33-,34-,35-/m0/s1. The molecule has 51 heavy (non-hydrogen) atoms. The largest absolute Gasteiger partial charge is 0.453 e. The first kappa shape index (κ1) is 35.6. The van der Waals surface area contributed by atoms with Crippen molar-refractivity contribution in [3.63, 3.8) is 0 Å². The summed E-state index contributed by atoms with van der Waals surface area (Å²) in [5.41, 5.74) is 6.69. The fraction of sp³-hybridized carbons (Fsp3) is 0.425. The molecular formula is C40H49N7O4. The molecule has 4 atom stereocenters. The zero-order valence-electron chi connectivity index (χ0n) is 30.4. The van der Waals surface area contributed by atoms with E-state index >= 15 is 0 Å². The third kappa shape index (κ3) is 7.48. The Kier molecular flexibility index (Phi) is 10.5. The van der Waals surface area contributed by atoms with E-state index in [1.165, 1.54) is 7.11 Å². The summed E-state index contributed by atoms with van der Waals surface area (Å²) >= 11 is 0. The first-order valence-corrected chi connectivity index (χ1v) is 17.9. The van der Waals surface area contributed by atoms with E-state index in [9.17, 15) is 14.4 Å². The fourth-order valence-electron chi connectivity index (χ4n) is 6.99. The maximum absolute atomic E-state index is 13.6. The summed E-state index contributed by atoms with van der Waals surface area (Å²) in [5, 5.41) is 2.68. The lowest BCUT2D eigenvalue weighted by molar-refractivity contribution is -0.137. The van der Waals surface area contributed by atoms with Gasteiger partial charge in [-0.05, 0) is 42.2 Å². The first-order valence-electron chi connectivity index (χ1n) is 17.9. The fourth-order valence-corrected chi connectivity index (χ4v) is 6.99. The molecule has 0 spiro atoms. The third-order valence-corrected chi connectivity index (χ3v) is 10.4. The van der Waals surface area contributed by atoms with Gasteiger partial charge in [0, 0.05) is 42.5 Å². The quantitative estimate of drug-likeness (QED) is 0.149. The number of rotatable bonds is 10. The van der Waals surface area contributed by atoms with Crippen LogP contribution in [0.15, 0.2) is 73.1 Å². The number of hydrogen-bond acceptors (Lipinski definition) is 6. The number of H-pyrrole nitrogens is 2. The minimum absolute atomic E-state index is 0.0116. The van der Waals surface area contributed by atoms with Crippen LogP contribution >= 0.6 is 0 Å². The topological polar surface area (TPSA) is 136 Å². The Morgan fingerprint density at radius 3 is 1.82 bits per heavy atom. The van der Waals surface area contributed by atoms with E-state index < -0.39 is 12.1 Å². The molecular weight excluding hydrogens is 642 g/mol. The van der Waals surface area contributed by atoms with Crippen LogP contribution in [0.5, 0.6) is 0 Å². The van der Waals surface area contributed by atoms with Crippen molar-refractivity contribution in [3.05, 3.63) is 84.7 Å². The first-order chi connectivity index (χ1) is 24.4. The number of hydrogen-bond donors (Lipinski definition) is 3. The molecule has 4 heterocycles. The van der Waals surface area contributed by atoms with Crippen LogP contribution in [0.2, 0.25) is 0 Å². The highest BCUT2D eigenvalue weighted by Crippen LogP contribution is 2.36. The van der Waals surface area contributed by atoms with Gasteiger partial charge in [-0.3, -0.25) is 9.59 Å². The van der Waals surface area contributed by atoms with Crippen LogP contribution in [-0.2, 0) is 14.3 Å². The molecule has 11 heteroatoms. The molecule has 0 bridgehead atoms. The van der Waals surface area contributed by atoms with E-state index in [-0.39, 0.29) is 35.7 Å². The third-order valence-electron chi connectivity index (χ3n) is 10.4. The number of methoxy groups -OCH3 is 1. The number of alkyl carbamates (subject to hydrolysis) is 1. The summed E-state index contributed by atoms with van der Waals surface area (Å²) in [6.45, 7) is 15.3. The second-order valence-corrected chi connectivity index (χ2v) is 14.5. The monoisotopic (exact) mass is 691 g/mol. The van der Waals surface area contributed by atoms with Crippen molar-refractivity contribution in [2.45, 2.75) is 72.0 Å². The van der Waals surface area contributed by atoms with Gasteiger partial charge in [0.05, 0.1) is 30.6 Å². The molecule has 4 aromatic rings. The average molecular weight is 692 g/mol. The zero-order valence-corrected chi connectivity index (χ0v) is 30.4. The molecule has 0 aliphatic carbocycles. The van der Waals surface area contributed by atoms with Gasteiger partial charge in [-0.25, -0.2) is 14.8 Å². The van der Waals surface area contributed by atoms with Crippen molar-refractivity contribution in [3.8, 4) is 33.6 Å². The normalized spacial score (nSPS) is 18.8. The molecule has 0 saturated carbocycles. The van der Waals surface area contributed by atoms with Gasteiger partial charge in [0.15, 0.2) is 0 Å². The molecule has 2 aliphatic heterocycles. The van der Waals surface area contributed by atoms with Gasteiger partial charge in [0.2, 0.25) is 11.8 Å². The lowest BCUT2D eigenvalue weighted by atomic mass is 9.96. The number of benzene rings is 2. The number of ether oxygens (including phenoxy) is 1. The summed E-state index contributed by atoms with van der Waals surface area (Å²) in [5.74, 6) is 1.70. The van der Waals surface area contributed by atoms with Gasteiger partial charge >= 0.3 is 6.09 Å². The molecule has 0 unspecified atom stereocenters. The lowest BCUT2D eigenvalue weighted by Crippen LogP contribution is -2.51. The van der Waals surface area contributed by atoms with E-state index in [4.69, 9.17) is 14.7 Å². The van der Waals surface area contributed by atoms with Gasteiger partial charge in [-0.15, -0.1) is 0 Å². The minimum atomic E-state index is -0.725. The Labute approximate surface area is 299 Å². The maximum atomic E-state index is 13.6. The number of nitrogens with one attached hydrogen (secondary N) is 3. The number of likely N-dealkylation sites (tertiary alicyclic amines) is 2. The molecule has 3 N–H and O–H groups in total. The summed E-state index contributed by atoms with van der Waals surface area (Å²) in [7, 11) is 1.28. The smallest absolute Gasteiger partial charge is 0.407 e. The molecule has 2 aromatic carbocycles. The molecule has 11 nitrogen and oxygen atoms in total. The molecule has 2 aliphatic rings. The summed E-state index contributed by atoms with van der Waals surface area (Å²) in [6.07, 6.45) is 5.65. The lowest BCUT2D eigenvalue weighted by Gasteiger charge is -2.29. The van der Waals surface area contributed by atoms with Crippen LogP contribution in [0.25, 0.3) is 33.6 Å². The Bertz CT molecular complexity index is 1870. The van der Waals surface area contributed by atoms with Crippen molar-refractivity contribution in [1.29, 1.82) is 0 Å². The molecule has 6 rings (SSSR count). The highest BCUT2D eigenvalue weighted by atomic mass is 16.5. The molecule has 0 radical (unpaired) electrons. The van der Waals surface area contributed by atoms with Gasteiger partial charge < -0.3 is 29.8 Å². The van der Waals surface area contributed by atoms with Crippen molar-refractivity contribution < 1.29 is 19.1 Å². The van der Waals surface area contributed by atoms with Gasteiger partial charge in [0.1, 0.15) is 17.7 Å². The number of imidazole rings is 2. The predicted molar refractivity (Wildman–Crippen MR) is 197 cm³/mol. The molecule has 2 fully saturated rings. The van der Waals surface area contributed by atoms with E-state index in [1.807, 2.05) is 50.2 Å². The van der Waals surface area contributed by atoms with Crippen molar-refractivity contribution in [2.75, 3.05) is 20.2 Å². The Morgan fingerprint density at radius 2 is 1.31 bits per heavy atom. The summed E-state index contributed by atoms with van der Waals surface area (Å²) in [4.78, 5) is 58.9. The van der Waals surface area contributed by atoms with Crippen LogP contribution in [0.1, 0.15) is 77.6 Å². The van der Waals surface area contributed by atoms with Crippen LogP contribution < -0.4 is 5.32 Å². The highest BCUT2D eigenvalue weighted by Gasteiger charge is 2.39. The number of aromatic amines is 2. The highest BCUT2D eigenvalue weighted by molar-refractivity contribution is 5.87. The van der Waals surface area contributed by atoms with Crippen LogP contribution in [0.4, 0.5) is 4.79 Å². The summed E-state index contributed by atoms with van der Waals surface area (Å²) in [6, 6.07) is 15.5. The van der Waals surface area contributed by atoms with E-state index in [2.05, 4.69) is 72.1 Å². The number of aromatic nitrogens is 4. The second-order valence-electron chi connectivity index (χ2n) is 14.5.